The van der Waals surface area contributed by atoms with Crippen molar-refractivity contribution in [2.45, 2.75) is 37.5 Å². The Morgan fingerprint density at radius 3 is 2.83 bits per heavy atom. The standard InChI is InChI=1S/C10H13F3N2O3/c11-10(12,13)3-1-8-14-9(18-15-8)6-5-17-4-2-7(6)16/h6-7,16H,1-5H2. The Morgan fingerprint density at radius 2 is 2.17 bits per heavy atom. The van der Waals surface area contributed by atoms with E-state index in [4.69, 9.17) is 9.26 Å². The van der Waals surface area contributed by atoms with Crippen LogP contribution in [0, 0.1) is 0 Å². The maximum atomic E-state index is 12.0. The van der Waals surface area contributed by atoms with Gasteiger partial charge in [0.05, 0.1) is 25.0 Å². The summed E-state index contributed by atoms with van der Waals surface area (Å²) >= 11 is 0. The van der Waals surface area contributed by atoms with E-state index in [1.54, 1.807) is 0 Å². The average molecular weight is 266 g/mol. The van der Waals surface area contributed by atoms with Gasteiger partial charge in [0, 0.05) is 13.0 Å². The molecule has 2 heterocycles. The van der Waals surface area contributed by atoms with Crippen LogP contribution in [0.5, 0.6) is 0 Å². The SMILES string of the molecule is OC1CCOCC1c1nc(CCC(F)(F)F)no1. The molecule has 1 saturated heterocycles. The summed E-state index contributed by atoms with van der Waals surface area (Å²) in [6.45, 7) is 0.689. The second-order valence-electron chi connectivity index (χ2n) is 4.20. The number of hydrogen-bond acceptors (Lipinski definition) is 5. The molecule has 1 aliphatic rings. The van der Waals surface area contributed by atoms with Gasteiger partial charge in [-0.3, -0.25) is 0 Å². The van der Waals surface area contributed by atoms with Gasteiger partial charge >= 0.3 is 6.18 Å². The first-order chi connectivity index (χ1) is 8.46. The van der Waals surface area contributed by atoms with Crippen LogP contribution in [0.3, 0.4) is 0 Å². The molecule has 0 radical (unpaired) electrons. The topological polar surface area (TPSA) is 68.4 Å². The van der Waals surface area contributed by atoms with Crippen molar-refractivity contribution >= 4 is 0 Å². The van der Waals surface area contributed by atoms with Gasteiger partial charge in [-0.2, -0.15) is 18.2 Å². The lowest BCUT2D eigenvalue weighted by Gasteiger charge is -2.24. The smallest absolute Gasteiger partial charge is 0.389 e. The number of aromatic nitrogens is 2. The highest BCUT2D eigenvalue weighted by Crippen LogP contribution is 2.26. The van der Waals surface area contributed by atoms with E-state index in [1.165, 1.54) is 0 Å². The Balaban J connectivity index is 1.97. The maximum absolute atomic E-state index is 12.0. The molecule has 0 saturated carbocycles. The van der Waals surface area contributed by atoms with Crippen molar-refractivity contribution in [1.29, 1.82) is 0 Å². The molecule has 0 spiro atoms. The maximum Gasteiger partial charge on any atom is 0.389 e. The van der Waals surface area contributed by atoms with E-state index >= 15 is 0 Å². The fraction of sp³-hybridized carbons (Fsp3) is 0.800. The molecule has 1 fully saturated rings. The third-order valence-corrected chi connectivity index (χ3v) is 2.75. The molecule has 0 aromatic carbocycles. The van der Waals surface area contributed by atoms with E-state index in [2.05, 4.69) is 10.1 Å². The Labute approximate surface area is 101 Å². The number of alkyl halides is 3. The minimum absolute atomic E-state index is 0.0000912. The van der Waals surface area contributed by atoms with Crippen molar-refractivity contribution in [1.82, 2.24) is 10.1 Å². The number of aliphatic hydroxyl groups excluding tert-OH is 1. The van der Waals surface area contributed by atoms with Gasteiger partial charge in [0.25, 0.3) is 0 Å². The van der Waals surface area contributed by atoms with Crippen LogP contribution in [0.1, 0.15) is 30.5 Å². The molecule has 0 bridgehead atoms. The molecule has 1 aromatic heterocycles. The molecule has 0 amide bonds. The van der Waals surface area contributed by atoms with E-state index in [1.807, 2.05) is 0 Å². The van der Waals surface area contributed by atoms with E-state index < -0.39 is 24.6 Å². The van der Waals surface area contributed by atoms with Crippen molar-refractivity contribution in [3.63, 3.8) is 0 Å². The van der Waals surface area contributed by atoms with E-state index in [0.29, 0.717) is 13.0 Å². The molecule has 2 rings (SSSR count). The van der Waals surface area contributed by atoms with Crippen LogP contribution >= 0.6 is 0 Å². The van der Waals surface area contributed by atoms with Crippen molar-refractivity contribution in [2.24, 2.45) is 0 Å². The quantitative estimate of drug-likeness (QED) is 0.896. The van der Waals surface area contributed by atoms with Gasteiger partial charge in [0.15, 0.2) is 5.82 Å². The molecule has 0 aliphatic carbocycles. The molecule has 18 heavy (non-hydrogen) atoms. The minimum Gasteiger partial charge on any atom is -0.392 e. The fourth-order valence-corrected chi connectivity index (χ4v) is 1.74. The summed E-state index contributed by atoms with van der Waals surface area (Å²) in [5.41, 5.74) is 0. The summed E-state index contributed by atoms with van der Waals surface area (Å²) in [6.07, 6.45) is -5.76. The minimum atomic E-state index is -4.24. The zero-order valence-corrected chi connectivity index (χ0v) is 9.48. The third kappa shape index (κ3) is 3.42. The second-order valence-corrected chi connectivity index (χ2v) is 4.20. The summed E-state index contributed by atoms with van der Waals surface area (Å²) < 4.78 is 46.1. The largest absolute Gasteiger partial charge is 0.392 e. The number of rotatable bonds is 3. The molecule has 102 valence electrons. The summed E-state index contributed by atoms with van der Waals surface area (Å²) in [4.78, 5) is 3.87. The Hall–Kier alpha value is -1.15. The lowest BCUT2D eigenvalue weighted by atomic mass is 9.99. The highest BCUT2D eigenvalue weighted by Gasteiger charge is 2.31. The normalized spacial score (nSPS) is 25.3. The van der Waals surface area contributed by atoms with Gasteiger partial charge in [-0.25, -0.2) is 0 Å². The van der Waals surface area contributed by atoms with Crippen molar-refractivity contribution in [3.8, 4) is 0 Å². The zero-order valence-electron chi connectivity index (χ0n) is 9.48. The summed E-state index contributed by atoms with van der Waals surface area (Å²) in [6, 6.07) is 0. The highest BCUT2D eigenvalue weighted by molar-refractivity contribution is 4.99. The lowest BCUT2D eigenvalue weighted by Crippen LogP contribution is -2.30. The van der Waals surface area contributed by atoms with Crippen LogP contribution < -0.4 is 0 Å². The summed E-state index contributed by atoms with van der Waals surface area (Å²) in [5, 5.41) is 13.2. The molecule has 2 unspecified atom stereocenters. The number of nitrogens with zero attached hydrogens (tertiary/aromatic N) is 2. The van der Waals surface area contributed by atoms with Crippen LogP contribution in [0.4, 0.5) is 13.2 Å². The number of aliphatic hydroxyl groups is 1. The number of aryl methyl sites for hydroxylation is 1. The van der Waals surface area contributed by atoms with Crippen molar-refractivity contribution in [3.05, 3.63) is 11.7 Å². The molecule has 5 nitrogen and oxygen atoms in total. The zero-order chi connectivity index (χ0) is 13.2. The predicted molar refractivity (Wildman–Crippen MR) is 52.9 cm³/mol. The first-order valence-corrected chi connectivity index (χ1v) is 5.61. The van der Waals surface area contributed by atoms with Crippen LogP contribution in [0.2, 0.25) is 0 Å². The fourth-order valence-electron chi connectivity index (χ4n) is 1.74. The Bertz CT molecular complexity index is 394. The highest BCUT2D eigenvalue weighted by atomic mass is 19.4. The van der Waals surface area contributed by atoms with Crippen LogP contribution in [-0.2, 0) is 11.2 Å². The molecular formula is C10H13F3N2O3. The average Bonchev–Trinajstić information content (AvgIpc) is 2.75. The molecule has 2 atom stereocenters. The predicted octanol–water partition coefficient (Wildman–Crippen LogP) is 1.43. The van der Waals surface area contributed by atoms with Gasteiger partial charge < -0.3 is 14.4 Å². The second kappa shape index (κ2) is 5.23. The lowest BCUT2D eigenvalue weighted by molar-refractivity contribution is -0.134. The van der Waals surface area contributed by atoms with Crippen LogP contribution in [-0.4, -0.2) is 40.7 Å². The third-order valence-electron chi connectivity index (χ3n) is 2.75. The number of hydrogen-bond donors (Lipinski definition) is 1. The van der Waals surface area contributed by atoms with Crippen molar-refractivity contribution in [2.75, 3.05) is 13.2 Å². The number of ether oxygens (including phenoxy) is 1. The monoisotopic (exact) mass is 266 g/mol. The molecule has 1 N–H and O–H groups in total. The first kappa shape index (κ1) is 13.3. The van der Waals surface area contributed by atoms with E-state index in [0.717, 1.165) is 0 Å². The number of halogens is 3. The van der Waals surface area contributed by atoms with Gasteiger partial charge in [-0.15, -0.1) is 0 Å². The van der Waals surface area contributed by atoms with E-state index in [9.17, 15) is 18.3 Å². The van der Waals surface area contributed by atoms with Gasteiger partial charge in [-0.1, -0.05) is 5.16 Å². The first-order valence-electron chi connectivity index (χ1n) is 5.61. The van der Waals surface area contributed by atoms with Crippen LogP contribution in [0.25, 0.3) is 0 Å². The van der Waals surface area contributed by atoms with E-state index in [-0.39, 0.29) is 24.7 Å². The van der Waals surface area contributed by atoms with Gasteiger partial charge in [0.1, 0.15) is 0 Å². The Morgan fingerprint density at radius 1 is 1.39 bits per heavy atom. The molecular weight excluding hydrogens is 253 g/mol. The molecule has 1 aromatic rings. The van der Waals surface area contributed by atoms with Gasteiger partial charge in [-0.05, 0) is 6.42 Å². The van der Waals surface area contributed by atoms with Crippen molar-refractivity contribution < 1.29 is 27.5 Å². The Kier molecular flexibility index (Phi) is 3.86. The summed E-state index contributed by atoms with van der Waals surface area (Å²) in [5.74, 6) is -0.314. The molecule has 1 aliphatic heterocycles. The van der Waals surface area contributed by atoms with Gasteiger partial charge in [0.2, 0.25) is 5.89 Å². The molecule has 8 heteroatoms. The van der Waals surface area contributed by atoms with Crippen LogP contribution in [0.15, 0.2) is 4.52 Å². The summed E-state index contributed by atoms with van der Waals surface area (Å²) in [7, 11) is 0.